The largest absolute Gasteiger partial charge is 0.454 e. The van der Waals surface area contributed by atoms with Crippen LogP contribution in [0.5, 0.6) is 11.5 Å². The number of benzene rings is 3. The molecular formula is C32H31N5O5S. The summed E-state index contributed by atoms with van der Waals surface area (Å²) in [5.41, 5.74) is 3.16. The van der Waals surface area contributed by atoms with E-state index in [1.54, 1.807) is 18.2 Å². The normalized spacial score (nSPS) is 17.0. The summed E-state index contributed by atoms with van der Waals surface area (Å²) in [4.78, 5) is 50.6. The van der Waals surface area contributed by atoms with Crippen molar-refractivity contribution >= 4 is 51.9 Å². The molecule has 2 N–H and O–H groups in total. The van der Waals surface area contributed by atoms with E-state index in [1.165, 1.54) is 16.7 Å². The molecule has 0 saturated heterocycles. The number of amides is 3. The van der Waals surface area contributed by atoms with E-state index in [1.807, 2.05) is 61.5 Å². The Bertz CT molecular complexity index is 1610. The number of hydrogen-bond acceptors (Lipinski definition) is 8. The summed E-state index contributed by atoms with van der Waals surface area (Å²) in [6, 6.07) is 22.0. The predicted molar refractivity (Wildman–Crippen MR) is 166 cm³/mol. The number of nitrogens with one attached hydrogen (secondary N) is 2. The monoisotopic (exact) mass is 597 g/mol. The van der Waals surface area contributed by atoms with Gasteiger partial charge in [0.25, 0.3) is 5.91 Å². The summed E-state index contributed by atoms with van der Waals surface area (Å²) in [6.07, 6.45) is 1.69. The molecule has 3 aliphatic heterocycles. The van der Waals surface area contributed by atoms with Crippen LogP contribution in [0.25, 0.3) is 0 Å². The molecule has 43 heavy (non-hydrogen) atoms. The van der Waals surface area contributed by atoms with Crippen molar-refractivity contribution in [2.75, 3.05) is 18.7 Å². The van der Waals surface area contributed by atoms with Crippen molar-refractivity contribution in [2.24, 2.45) is 9.98 Å². The molecule has 220 valence electrons. The second-order valence-electron chi connectivity index (χ2n) is 10.2. The van der Waals surface area contributed by atoms with Gasteiger partial charge in [-0.15, -0.1) is 0 Å². The van der Waals surface area contributed by atoms with Crippen LogP contribution >= 0.6 is 11.8 Å². The van der Waals surface area contributed by atoms with E-state index in [9.17, 15) is 14.4 Å². The maximum atomic E-state index is 13.7. The minimum absolute atomic E-state index is 0.122. The molecule has 10 nitrogen and oxygen atoms in total. The number of amidine groups is 2. The zero-order valence-electron chi connectivity index (χ0n) is 23.6. The van der Waals surface area contributed by atoms with Crippen LogP contribution in [0.4, 0.5) is 11.4 Å². The van der Waals surface area contributed by atoms with Crippen LogP contribution in [0.15, 0.2) is 82.8 Å². The standard InChI is InChI=1S/C32H31N5O5S/c1-2-27(30(39)34-21-12-14-25-26(18-21)42-19-41-25)43-32-36-23-11-7-6-10-22(23)29-35-24(31(40)37(29)32)13-15-28(38)33-17-16-20-8-4-3-5-9-20/h3-12,14,18,24,27H,2,13,15-17,19H2,1H3,(H,33,38)(H,34,39)/t24-,27+/m1/s1. The van der Waals surface area contributed by atoms with Crippen LogP contribution in [0, 0.1) is 0 Å². The van der Waals surface area contributed by atoms with Gasteiger partial charge in [-0.3, -0.25) is 19.4 Å². The van der Waals surface area contributed by atoms with Crippen molar-refractivity contribution < 1.29 is 23.9 Å². The van der Waals surface area contributed by atoms with Crippen LogP contribution in [-0.2, 0) is 20.8 Å². The Kier molecular flexibility index (Phi) is 8.41. The lowest BCUT2D eigenvalue weighted by atomic mass is 10.1. The fourth-order valence-electron chi connectivity index (χ4n) is 5.06. The third-order valence-electron chi connectivity index (χ3n) is 7.32. The minimum Gasteiger partial charge on any atom is -0.454 e. The molecule has 11 heteroatoms. The summed E-state index contributed by atoms with van der Waals surface area (Å²) in [5.74, 6) is 1.11. The molecule has 3 aliphatic rings. The van der Waals surface area contributed by atoms with Crippen molar-refractivity contribution in [1.82, 2.24) is 10.2 Å². The molecule has 0 fully saturated rings. The predicted octanol–water partition coefficient (Wildman–Crippen LogP) is 4.66. The number of carbonyl (C=O) groups excluding carboxylic acids is 3. The molecule has 6 rings (SSSR count). The van der Waals surface area contributed by atoms with Gasteiger partial charge in [0.05, 0.1) is 10.9 Å². The highest BCUT2D eigenvalue weighted by molar-refractivity contribution is 8.15. The van der Waals surface area contributed by atoms with Gasteiger partial charge in [0.1, 0.15) is 11.9 Å². The Morgan fingerprint density at radius 3 is 2.67 bits per heavy atom. The second kappa shape index (κ2) is 12.7. The highest BCUT2D eigenvalue weighted by atomic mass is 32.2. The summed E-state index contributed by atoms with van der Waals surface area (Å²) in [7, 11) is 0. The third kappa shape index (κ3) is 6.26. The highest BCUT2D eigenvalue weighted by Gasteiger charge is 2.42. The maximum Gasteiger partial charge on any atom is 0.259 e. The molecule has 0 aliphatic carbocycles. The number of fused-ring (bicyclic) bond motifs is 4. The molecule has 0 spiro atoms. The first-order valence-corrected chi connectivity index (χ1v) is 15.2. The average Bonchev–Trinajstić information content (AvgIpc) is 3.63. The van der Waals surface area contributed by atoms with Crippen LogP contribution < -0.4 is 20.1 Å². The van der Waals surface area contributed by atoms with Crippen LogP contribution in [-0.4, -0.2) is 58.3 Å². The average molecular weight is 598 g/mol. The van der Waals surface area contributed by atoms with Gasteiger partial charge in [-0.1, -0.05) is 61.2 Å². The lowest BCUT2D eigenvalue weighted by molar-refractivity contribution is -0.125. The van der Waals surface area contributed by atoms with Gasteiger partial charge in [0.2, 0.25) is 18.6 Å². The quantitative estimate of drug-likeness (QED) is 0.351. The molecule has 3 amide bonds. The summed E-state index contributed by atoms with van der Waals surface area (Å²) in [5, 5.41) is 5.74. The van der Waals surface area contributed by atoms with Gasteiger partial charge in [-0.2, -0.15) is 0 Å². The number of rotatable bonds is 10. The molecular weight excluding hydrogens is 566 g/mol. The lowest BCUT2D eigenvalue weighted by Crippen LogP contribution is -2.42. The van der Waals surface area contributed by atoms with Crippen LogP contribution in [0.2, 0.25) is 0 Å². The Hall–Kier alpha value is -4.64. The topological polar surface area (TPSA) is 122 Å². The number of hydrogen-bond donors (Lipinski definition) is 2. The molecule has 3 aromatic carbocycles. The van der Waals surface area contributed by atoms with Gasteiger partial charge >= 0.3 is 0 Å². The Labute approximate surface area is 253 Å². The SMILES string of the molecule is CC[C@H](SC1=Nc2ccccc2C2=N[C@H](CCC(=O)NCCc3ccccc3)C(=O)N12)C(=O)Nc1ccc2c(c1)OCO2. The number of para-hydroxylation sites is 1. The number of ether oxygens (including phenoxy) is 2. The number of carbonyl (C=O) groups is 3. The van der Waals surface area contributed by atoms with Gasteiger partial charge in [-0.25, -0.2) is 9.89 Å². The Morgan fingerprint density at radius 1 is 1.05 bits per heavy atom. The molecule has 3 heterocycles. The van der Waals surface area contributed by atoms with Gasteiger partial charge in [0, 0.05) is 30.3 Å². The Morgan fingerprint density at radius 2 is 1.84 bits per heavy atom. The molecule has 3 aromatic rings. The second-order valence-corrected chi connectivity index (χ2v) is 11.4. The summed E-state index contributed by atoms with van der Waals surface area (Å²) >= 11 is 1.22. The number of anilines is 1. The molecule has 0 bridgehead atoms. The fraction of sp³-hybridized carbons (Fsp3) is 0.281. The maximum absolute atomic E-state index is 13.7. The summed E-state index contributed by atoms with van der Waals surface area (Å²) in [6.45, 7) is 2.58. The number of aliphatic imine (C=N–C) groups is 2. The first-order chi connectivity index (χ1) is 21.0. The first kappa shape index (κ1) is 28.5. The Balaban J connectivity index is 1.12. The zero-order valence-corrected chi connectivity index (χ0v) is 24.4. The van der Waals surface area contributed by atoms with E-state index < -0.39 is 11.3 Å². The van der Waals surface area contributed by atoms with Crippen molar-refractivity contribution in [3.63, 3.8) is 0 Å². The molecule has 0 aromatic heterocycles. The van der Waals surface area contributed by atoms with Crippen LogP contribution in [0.1, 0.15) is 37.3 Å². The fourth-order valence-corrected chi connectivity index (χ4v) is 6.08. The van der Waals surface area contributed by atoms with E-state index in [4.69, 9.17) is 19.5 Å². The van der Waals surface area contributed by atoms with E-state index in [2.05, 4.69) is 10.6 Å². The van der Waals surface area contributed by atoms with Crippen molar-refractivity contribution in [3.05, 3.63) is 83.9 Å². The third-order valence-corrected chi connectivity index (χ3v) is 8.64. The molecule has 0 radical (unpaired) electrons. The van der Waals surface area contributed by atoms with E-state index in [0.717, 1.165) is 17.5 Å². The van der Waals surface area contributed by atoms with Gasteiger partial charge in [0.15, 0.2) is 16.7 Å². The van der Waals surface area contributed by atoms with Gasteiger partial charge in [-0.05, 0) is 49.1 Å². The van der Waals surface area contributed by atoms with Gasteiger partial charge < -0.3 is 20.1 Å². The first-order valence-electron chi connectivity index (χ1n) is 14.3. The van der Waals surface area contributed by atoms with E-state index in [0.29, 0.717) is 46.8 Å². The molecule has 0 unspecified atom stereocenters. The number of thioether (sulfide) groups is 1. The molecule has 0 saturated carbocycles. The minimum atomic E-state index is -0.714. The molecule has 2 atom stereocenters. The lowest BCUT2D eigenvalue weighted by Gasteiger charge is -2.27. The van der Waals surface area contributed by atoms with Crippen molar-refractivity contribution in [2.45, 2.75) is 43.9 Å². The van der Waals surface area contributed by atoms with E-state index >= 15 is 0 Å². The van der Waals surface area contributed by atoms with E-state index in [-0.39, 0.29) is 37.4 Å². The van der Waals surface area contributed by atoms with Crippen LogP contribution in [0.3, 0.4) is 0 Å². The zero-order chi connectivity index (χ0) is 29.8. The summed E-state index contributed by atoms with van der Waals surface area (Å²) < 4.78 is 10.8. The highest BCUT2D eigenvalue weighted by Crippen LogP contribution is 2.37. The number of nitrogens with zero attached hydrogens (tertiary/aromatic N) is 3. The smallest absolute Gasteiger partial charge is 0.259 e. The van der Waals surface area contributed by atoms with Crippen molar-refractivity contribution in [3.8, 4) is 11.5 Å². The van der Waals surface area contributed by atoms with Crippen molar-refractivity contribution in [1.29, 1.82) is 0 Å².